The number of aldehydes is 1. The van der Waals surface area contributed by atoms with E-state index in [1.165, 1.54) is 22.0 Å². The number of para-hydroxylation sites is 1. The largest absolute Gasteiger partial charge is 0.494 e. The molecule has 1 atom stereocenters. The van der Waals surface area contributed by atoms with Gasteiger partial charge in [-0.1, -0.05) is 42.5 Å². The molecule has 32 heavy (non-hydrogen) atoms. The highest BCUT2D eigenvalue weighted by molar-refractivity contribution is 7.92. The van der Waals surface area contributed by atoms with Crippen LogP contribution in [0.25, 0.3) is 0 Å². The molecule has 4 rings (SSSR count). The van der Waals surface area contributed by atoms with Gasteiger partial charge in [0, 0.05) is 13.1 Å². The van der Waals surface area contributed by atoms with Crippen molar-refractivity contribution in [1.29, 1.82) is 0 Å². The summed E-state index contributed by atoms with van der Waals surface area (Å²) in [7, 11) is -4.04. The van der Waals surface area contributed by atoms with E-state index in [1.807, 2.05) is 43.8 Å². The molecule has 3 aromatic rings. The number of nitrogens with zero attached hydrogens (tertiary/aromatic N) is 2. The Balaban J connectivity index is 1.74. The van der Waals surface area contributed by atoms with E-state index in [0.717, 1.165) is 5.56 Å². The molecular weight excluding hydrogens is 424 g/mol. The van der Waals surface area contributed by atoms with Crippen LogP contribution in [0.1, 0.15) is 18.1 Å². The summed E-state index contributed by atoms with van der Waals surface area (Å²) in [5.41, 5.74) is 2.67. The predicted octanol–water partition coefficient (Wildman–Crippen LogP) is 4.03. The Bertz CT molecular complexity index is 1160. The number of sulfonamides is 1. The Morgan fingerprint density at radius 1 is 0.969 bits per heavy atom. The molecule has 0 spiro atoms. The Labute approximate surface area is 189 Å². The fraction of sp³-hybridized carbons (Fsp3) is 0.200. The molecule has 0 amide bonds. The van der Waals surface area contributed by atoms with Crippen molar-refractivity contribution in [1.82, 2.24) is 4.90 Å². The van der Waals surface area contributed by atoms with Crippen LogP contribution in [0.2, 0.25) is 0 Å². The lowest BCUT2D eigenvalue weighted by atomic mass is 9.99. The summed E-state index contributed by atoms with van der Waals surface area (Å²) < 4.78 is 34.2. The number of hydrogen-bond donors (Lipinski definition) is 0. The van der Waals surface area contributed by atoms with Gasteiger partial charge in [-0.05, 0) is 60.9 Å². The smallest absolute Gasteiger partial charge is 0.266 e. The molecule has 7 heteroatoms. The van der Waals surface area contributed by atoms with Crippen molar-refractivity contribution in [3.05, 3.63) is 96.5 Å². The fourth-order valence-corrected chi connectivity index (χ4v) is 5.42. The van der Waals surface area contributed by atoms with Gasteiger partial charge in [0.05, 0.1) is 17.2 Å². The second-order valence-corrected chi connectivity index (χ2v) is 9.23. The summed E-state index contributed by atoms with van der Waals surface area (Å²) in [5, 5.41) is 0. The molecule has 0 N–H and O–H groups in total. The molecule has 0 saturated heterocycles. The Kier molecular flexibility index (Phi) is 6.58. The standard InChI is InChI=1S/C25H25N2O4S/c1-2-31-23-12-14-24(15-13-23)32(29,30)27(22-10-4-3-5-11-22)25(19-28)26-17-16-20-8-6-7-9-21(20)18-26/h3-15,17,19,25H,2,16,18H2,1H3. The van der Waals surface area contributed by atoms with Gasteiger partial charge in [0.15, 0.2) is 12.5 Å². The minimum Gasteiger partial charge on any atom is -0.494 e. The predicted molar refractivity (Wildman–Crippen MR) is 124 cm³/mol. The van der Waals surface area contributed by atoms with Gasteiger partial charge in [0.1, 0.15) is 5.75 Å². The highest BCUT2D eigenvalue weighted by atomic mass is 32.2. The second kappa shape index (κ2) is 9.54. The molecule has 0 saturated carbocycles. The maximum Gasteiger partial charge on any atom is 0.266 e. The van der Waals surface area contributed by atoms with E-state index in [0.29, 0.717) is 37.3 Å². The van der Waals surface area contributed by atoms with E-state index >= 15 is 0 Å². The van der Waals surface area contributed by atoms with E-state index in [-0.39, 0.29) is 4.90 Å². The van der Waals surface area contributed by atoms with Crippen LogP contribution in [0, 0.1) is 6.54 Å². The maximum atomic E-state index is 13.8. The highest BCUT2D eigenvalue weighted by Crippen LogP contribution is 2.31. The summed E-state index contributed by atoms with van der Waals surface area (Å²) >= 11 is 0. The van der Waals surface area contributed by atoms with Crippen LogP contribution in [-0.2, 0) is 27.8 Å². The average Bonchev–Trinajstić information content (AvgIpc) is 2.83. The van der Waals surface area contributed by atoms with Crippen LogP contribution < -0.4 is 9.04 Å². The number of hydrogen-bond acceptors (Lipinski definition) is 5. The topological polar surface area (TPSA) is 66.9 Å². The molecule has 0 bridgehead atoms. The van der Waals surface area contributed by atoms with E-state index in [4.69, 9.17) is 4.74 Å². The van der Waals surface area contributed by atoms with Gasteiger partial charge in [-0.2, -0.15) is 0 Å². The number of anilines is 1. The van der Waals surface area contributed by atoms with Crippen molar-refractivity contribution < 1.29 is 17.9 Å². The Hall–Kier alpha value is -3.16. The molecule has 1 radical (unpaired) electrons. The Morgan fingerprint density at radius 3 is 2.28 bits per heavy atom. The summed E-state index contributed by atoms with van der Waals surface area (Å²) in [6.45, 7) is 4.69. The van der Waals surface area contributed by atoms with Crippen LogP contribution in [0.4, 0.5) is 5.69 Å². The normalized spacial score (nSPS) is 14.9. The lowest BCUT2D eigenvalue weighted by Crippen LogP contribution is -2.52. The first-order valence-corrected chi connectivity index (χ1v) is 11.9. The SMILES string of the molecule is CCOc1ccc(S(=O)(=O)N(c2ccccc2)C(C=O)N2[CH]Cc3ccccc3C2)cc1. The van der Waals surface area contributed by atoms with Gasteiger partial charge in [-0.25, -0.2) is 12.7 Å². The number of rotatable bonds is 8. The molecule has 1 aliphatic heterocycles. The molecule has 0 aliphatic carbocycles. The summed E-state index contributed by atoms with van der Waals surface area (Å²) in [6, 6.07) is 23.0. The third-order valence-corrected chi connectivity index (χ3v) is 7.23. The van der Waals surface area contributed by atoms with Gasteiger partial charge in [0.2, 0.25) is 0 Å². The third kappa shape index (κ3) is 4.40. The van der Waals surface area contributed by atoms with E-state index in [2.05, 4.69) is 0 Å². The molecule has 0 fully saturated rings. The van der Waals surface area contributed by atoms with Crippen molar-refractivity contribution in [2.75, 3.05) is 10.9 Å². The maximum absolute atomic E-state index is 13.8. The molecule has 1 aliphatic rings. The number of benzene rings is 3. The average molecular weight is 450 g/mol. The zero-order valence-corrected chi connectivity index (χ0v) is 18.6. The van der Waals surface area contributed by atoms with Crippen LogP contribution in [0.5, 0.6) is 5.75 Å². The van der Waals surface area contributed by atoms with Crippen LogP contribution in [0.3, 0.4) is 0 Å². The lowest BCUT2D eigenvalue weighted by molar-refractivity contribution is -0.111. The van der Waals surface area contributed by atoms with Crippen molar-refractivity contribution in [2.45, 2.75) is 31.0 Å². The van der Waals surface area contributed by atoms with Crippen molar-refractivity contribution >= 4 is 22.0 Å². The van der Waals surface area contributed by atoms with Gasteiger partial charge in [-0.15, -0.1) is 0 Å². The molecule has 3 aromatic carbocycles. The lowest BCUT2D eigenvalue weighted by Gasteiger charge is -2.39. The van der Waals surface area contributed by atoms with Gasteiger partial charge in [-0.3, -0.25) is 9.69 Å². The van der Waals surface area contributed by atoms with Crippen molar-refractivity contribution in [3.8, 4) is 5.75 Å². The molecule has 1 heterocycles. The first-order valence-electron chi connectivity index (χ1n) is 10.5. The number of carbonyl (C=O) groups is 1. The summed E-state index contributed by atoms with van der Waals surface area (Å²) in [6.07, 6.45) is 0.290. The fourth-order valence-electron chi connectivity index (χ4n) is 3.85. The second-order valence-electron chi connectivity index (χ2n) is 7.42. The quantitative estimate of drug-likeness (QED) is 0.486. The number of fused-ring (bicyclic) bond motifs is 1. The number of carbonyl (C=O) groups excluding carboxylic acids is 1. The number of ether oxygens (including phenoxy) is 1. The molecule has 1 unspecified atom stereocenters. The van der Waals surface area contributed by atoms with Gasteiger partial charge < -0.3 is 4.74 Å². The zero-order chi connectivity index (χ0) is 22.6. The first-order chi connectivity index (χ1) is 15.5. The van der Waals surface area contributed by atoms with Crippen molar-refractivity contribution in [3.63, 3.8) is 0 Å². The first kappa shape index (κ1) is 22.0. The van der Waals surface area contributed by atoms with Crippen LogP contribution in [-0.4, -0.2) is 32.4 Å². The van der Waals surface area contributed by atoms with Crippen molar-refractivity contribution in [2.24, 2.45) is 0 Å². The molecule has 165 valence electrons. The highest BCUT2D eigenvalue weighted by Gasteiger charge is 2.36. The Morgan fingerprint density at radius 2 is 1.62 bits per heavy atom. The van der Waals surface area contributed by atoms with E-state index < -0.39 is 16.2 Å². The van der Waals surface area contributed by atoms with Gasteiger partial charge in [0.25, 0.3) is 10.0 Å². The minimum atomic E-state index is -4.04. The van der Waals surface area contributed by atoms with E-state index in [9.17, 15) is 13.2 Å². The van der Waals surface area contributed by atoms with Crippen LogP contribution in [0.15, 0.2) is 83.8 Å². The van der Waals surface area contributed by atoms with E-state index in [1.54, 1.807) is 41.3 Å². The molecule has 0 aromatic heterocycles. The molecular formula is C25H25N2O4S. The monoisotopic (exact) mass is 449 g/mol. The zero-order valence-electron chi connectivity index (χ0n) is 17.8. The summed E-state index contributed by atoms with van der Waals surface area (Å²) in [5.74, 6) is 0.589. The minimum absolute atomic E-state index is 0.0917. The van der Waals surface area contributed by atoms with Gasteiger partial charge >= 0.3 is 0 Å². The summed E-state index contributed by atoms with van der Waals surface area (Å²) in [4.78, 5) is 14.2. The molecule has 6 nitrogen and oxygen atoms in total. The third-order valence-electron chi connectivity index (χ3n) is 5.42. The van der Waals surface area contributed by atoms with Crippen LogP contribution >= 0.6 is 0 Å².